The molecule has 112 valence electrons. The summed E-state index contributed by atoms with van der Waals surface area (Å²) in [4.78, 5) is 22.8. The Kier molecular flexibility index (Phi) is 3.97. The van der Waals surface area contributed by atoms with Crippen LogP contribution in [0, 0.1) is 5.41 Å². The molecule has 2 aromatic rings. The van der Waals surface area contributed by atoms with Gasteiger partial charge in [0, 0.05) is 24.8 Å². The molecule has 0 radical (unpaired) electrons. The van der Waals surface area contributed by atoms with Crippen LogP contribution in [0.4, 0.5) is 5.82 Å². The Bertz CT molecular complexity index is 689. The van der Waals surface area contributed by atoms with E-state index in [1.54, 1.807) is 25.6 Å². The second-order valence-electron chi connectivity index (χ2n) is 5.93. The molecule has 1 amide bonds. The predicted molar refractivity (Wildman–Crippen MR) is 77.4 cm³/mol. The number of amides is 1. The van der Waals surface area contributed by atoms with Crippen LogP contribution in [-0.4, -0.2) is 21.7 Å². The number of carbonyl (C=O) groups is 2. The van der Waals surface area contributed by atoms with Crippen molar-refractivity contribution in [3.63, 3.8) is 0 Å². The Morgan fingerprint density at radius 1 is 1.29 bits per heavy atom. The molecule has 6 heteroatoms. The first-order valence-electron chi connectivity index (χ1n) is 6.70. The molecular weight excluding hydrogens is 270 g/mol. The molecule has 1 heterocycles. The Labute approximate surface area is 122 Å². The highest BCUT2D eigenvalue weighted by atomic mass is 16.4. The molecular formula is C15H18N3O3-. The summed E-state index contributed by atoms with van der Waals surface area (Å²) in [5.41, 5.74) is 0.259. The van der Waals surface area contributed by atoms with Crippen LogP contribution in [0.15, 0.2) is 24.3 Å². The minimum Gasteiger partial charge on any atom is -0.550 e. The maximum Gasteiger partial charge on any atom is 0.226 e. The second-order valence-corrected chi connectivity index (χ2v) is 5.93. The summed E-state index contributed by atoms with van der Waals surface area (Å²) in [7, 11) is 1.80. The van der Waals surface area contributed by atoms with Crippen molar-refractivity contribution < 1.29 is 14.7 Å². The number of hydrogen-bond donors (Lipinski definition) is 1. The van der Waals surface area contributed by atoms with Gasteiger partial charge in [0.2, 0.25) is 5.91 Å². The number of aryl methyl sites for hydroxylation is 1. The van der Waals surface area contributed by atoms with Crippen molar-refractivity contribution >= 4 is 28.6 Å². The Balaban J connectivity index is 2.13. The summed E-state index contributed by atoms with van der Waals surface area (Å²) in [6.45, 7) is 3.44. The van der Waals surface area contributed by atoms with Crippen molar-refractivity contribution in [2.24, 2.45) is 12.5 Å². The van der Waals surface area contributed by atoms with Crippen molar-refractivity contribution in [2.75, 3.05) is 5.32 Å². The molecule has 0 saturated heterocycles. The normalized spacial score (nSPS) is 11.6. The molecule has 0 spiro atoms. The number of nitrogens with one attached hydrogen (secondary N) is 1. The van der Waals surface area contributed by atoms with E-state index in [-0.39, 0.29) is 18.7 Å². The average Bonchev–Trinajstić information content (AvgIpc) is 2.64. The first-order chi connectivity index (χ1) is 9.78. The summed E-state index contributed by atoms with van der Waals surface area (Å²) < 4.78 is 1.69. The van der Waals surface area contributed by atoms with Crippen molar-refractivity contribution in [1.29, 1.82) is 0 Å². The standard InChI is InChI=1S/C15H19N3O3/c1-15(2,9-13(20)21)8-12(19)16-14-10-6-4-5-7-11(10)18(3)17-14/h4-7H,8-9H2,1-3H3,(H,20,21)(H,16,17,19)/p-1. The number of aliphatic carboxylic acids is 1. The van der Waals surface area contributed by atoms with Crippen LogP contribution < -0.4 is 10.4 Å². The predicted octanol–water partition coefficient (Wildman–Crippen LogP) is 1.07. The number of anilines is 1. The van der Waals surface area contributed by atoms with Gasteiger partial charge in [-0.25, -0.2) is 0 Å². The molecule has 6 nitrogen and oxygen atoms in total. The molecule has 0 aliphatic heterocycles. The van der Waals surface area contributed by atoms with Gasteiger partial charge in [0.1, 0.15) is 0 Å². The van der Waals surface area contributed by atoms with Gasteiger partial charge in [0.15, 0.2) is 5.82 Å². The number of nitrogens with zero attached hydrogens (tertiary/aromatic N) is 2. The molecule has 0 saturated carbocycles. The van der Waals surface area contributed by atoms with E-state index in [9.17, 15) is 14.7 Å². The Morgan fingerprint density at radius 3 is 2.62 bits per heavy atom. The maximum atomic E-state index is 12.1. The third-order valence-corrected chi connectivity index (χ3v) is 3.28. The number of rotatable bonds is 5. The van der Waals surface area contributed by atoms with Gasteiger partial charge in [0.25, 0.3) is 0 Å². The van der Waals surface area contributed by atoms with E-state index in [0.29, 0.717) is 5.82 Å². The van der Waals surface area contributed by atoms with Gasteiger partial charge < -0.3 is 15.2 Å². The molecule has 1 aromatic carbocycles. The van der Waals surface area contributed by atoms with Crippen LogP contribution in [0.3, 0.4) is 0 Å². The minimum absolute atomic E-state index is 0.0892. The molecule has 0 bridgehead atoms. The zero-order valence-electron chi connectivity index (χ0n) is 12.3. The first-order valence-corrected chi connectivity index (χ1v) is 6.70. The summed E-state index contributed by atoms with van der Waals surface area (Å²) in [6, 6.07) is 7.57. The fraction of sp³-hybridized carbons (Fsp3) is 0.400. The fourth-order valence-electron chi connectivity index (χ4n) is 2.37. The van der Waals surface area contributed by atoms with Gasteiger partial charge in [0.05, 0.1) is 5.52 Å². The van der Waals surface area contributed by atoms with Crippen LogP contribution >= 0.6 is 0 Å². The third kappa shape index (κ3) is 3.59. The molecule has 2 rings (SSSR count). The summed E-state index contributed by atoms with van der Waals surface area (Å²) in [6.07, 6.45) is -0.0741. The van der Waals surface area contributed by atoms with Gasteiger partial charge in [-0.3, -0.25) is 9.48 Å². The monoisotopic (exact) mass is 288 g/mol. The van der Waals surface area contributed by atoms with Crippen molar-refractivity contribution in [2.45, 2.75) is 26.7 Å². The average molecular weight is 288 g/mol. The molecule has 0 unspecified atom stereocenters. The number of aromatic nitrogens is 2. The van der Waals surface area contributed by atoms with Crippen molar-refractivity contribution in [3.05, 3.63) is 24.3 Å². The molecule has 0 fully saturated rings. The number of fused-ring (bicyclic) bond motifs is 1. The molecule has 0 aliphatic rings. The van der Waals surface area contributed by atoms with E-state index in [1.165, 1.54) is 0 Å². The van der Waals surface area contributed by atoms with E-state index in [2.05, 4.69) is 10.4 Å². The highest BCUT2D eigenvalue weighted by Crippen LogP contribution is 2.26. The SMILES string of the molecule is Cn1nc(NC(=O)CC(C)(C)CC(=O)[O-])c2ccccc21. The second kappa shape index (κ2) is 5.55. The number of carboxylic acids is 1. The van der Waals surface area contributed by atoms with Gasteiger partial charge in [-0.15, -0.1) is 0 Å². The fourth-order valence-corrected chi connectivity index (χ4v) is 2.37. The Hall–Kier alpha value is -2.37. The van der Waals surface area contributed by atoms with E-state index >= 15 is 0 Å². The van der Waals surface area contributed by atoms with Crippen LogP contribution in [0.25, 0.3) is 10.9 Å². The van der Waals surface area contributed by atoms with Crippen LogP contribution in [0.5, 0.6) is 0 Å². The lowest BCUT2D eigenvalue weighted by Crippen LogP contribution is -2.31. The van der Waals surface area contributed by atoms with Gasteiger partial charge in [-0.2, -0.15) is 5.10 Å². The lowest BCUT2D eigenvalue weighted by molar-refractivity contribution is -0.307. The summed E-state index contributed by atoms with van der Waals surface area (Å²) >= 11 is 0. The van der Waals surface area contributed by atoms with E-state index in [4.69, 9.17) is 0 Å². The lowest BCUT2D eigenvalue weighted by atomic mass is 9.85. The zero-order valence-corrected chi connectivity index (χ0v) is 12.3. The van der Waals surface area contributed by atoms with E-state index in [1.807, 2.05) is 24.3 Å². The molecule has 0 atom stereocenters. The van der Waals surface area contributed by atoms with Gasteiger partial charge >= 0.3 is 0 Å². The molecule has 21 heavy (non-hydrogen) atoms. The highest BCUT2D eigenvalue weighted by Gasteiger charge is 2.23. The summed E-state index contributed by atoms with van der Waals surface area (Å²) in [5.74, 6) is -0.927. The highest BCUT2D eigenvalue weighted by molar-refractivity contribution is 6.00. The van der Waals surface area contributed by atoms with Crippen molar-refractivity contribution in [3.8, 4) is 0 Å². The van der Waals surface area contributed by atoms with E-state index < -0.39 is 11.4 Å². The number of hydrogen-bond acceptors (Lipinski definition) is 4. The summed E-state index contributed by atoms with van der Waals surface area (Å²) in [5, 5.41) is 18.6. The van der Waals surface area contributed by atoms with Crippen molar-refractivity contribution in [1.82, 2.24) is 9.78 Å². The molecule has 0 aliphatic carbocycles. The smallest absolute Gasteiger partial charge is 0.226 e. The first kappa shape index (κ1) is 15.0. The number of benzene rings is 1. The zero-order chi connectivity index (χ0) is 15.6. The number of para-hydroxylation sites is 1. The molecule has 1 N–H and O–H groups in total. The quantitative estimate of drug-likeness (QED) is 0.891. The van der Waals surface area contributed by atoms with Crippen LogP contribution in [0.1, 0.15) is 26.7 Å². The van der Waals surface area contributed by atoms with Gasteiger partial charge in [-0.1, -0.05) is 26.0 Å². The largest absolute Gasteiger partial charge is 0.550 e. The third-order valence-electron chi connectivity index (χ3n) is 3.28. The topological polar surface area (TPSA) is 87.0 Å². The van der Waals surface area contributed by atoms with E-state index in [0.717, 1.165) is 10.9 Å². The lowest BCUT2D eigenvalue weighted by Gasteiger charge is -2.23. The molecule has 1 aromatic heterocycles. The Morgan fingerprint density at radius 2 is 1.95 bits per heavy atom. The number of carboxylic acid groups (broad SMARTS) is 1. The minimum atomic E-state index is -1.16. The van der Waals surface area contributed by atoms with Gasteiger partial charge in [-0.05, 0) is 24.0 Å². The number of carbonyl (C=O) groups excluding carboxylic acids is 2. The van der Waals surface area contributed by atoms with Crippen LogP contribution in [0.2, 0.25) is 0 Å². The maximum absolute atomic E-state index is 12.1. The van der Waals surface area contributed by atoms with Crippen LogP contribution in [-0.2, 0) is 16.6 Å².